The maximum Gasteiger partial charge on any atom is 0.471 e. The Hall–Kier alpha value is -1.80. The van der Waals surface area contributed by atoms with Crippen LogP contribution in [-0.4, -0.2) is 42.5 Å². The lowest BCUT2D eigenvalue weighted by Crippen LogP contribution is -2.38. The first-order valence-electron chi connectivity index (χ1n) is 7.23. The largest absolute Gasteiger partial charge is 0.471 e. The topological polar surface area (TPSA) is 61.4 Å². The molecule has 1 aliphatic heterocycles. The summed E-state index contributed by atoms with van der Waals surface area (Å²) >= 11 is 0. The molecule has 2 N–H and O–H groups in total. The van der Waals surface area contributed by atoms with Gasteiger partial charge in [-0.3, -0.25) is 9.59 Å². The molecule has 2 amide bonds. The second kappa shape index (κ2) is 8.34. The summed E-state index contributed by atoms with van der Waals surface area (Å²) in [6, 6.07) is 6.20. The molecule has 1 aromatic carbocycles. The SMILES string of the molecule is CN(Cc1cccc(NC(=O)C2CCCN2)c1)C(=O)C(F)(F)F.Cl. The first kappa shape index (κ1) is 20.2. The summed E-state index contributed by atoms with van der Waals surface area (Å²) in [7, 11) is 1.09. The third kappa shape index (κ3) is 5.38. The van der Waals surface area contributed by atoms with Gasteiger partial charge in [0.15, 0.2) is 0 Å². The van der Waals surface area contributed by atoms with Gasteiger partial charge in [-0.25, -0.2) is 0 Å². The molecule has 5 nitrogen and oxygen atoms in total. The lowest BCUT2D eigenvalue weighted by Gasteiger charge is -2.19. The maximum absolute atomic E-state index is 12.4. The molecular weight excluding hydrogens is 347 g/mol. The summed E-state index contributed by atoms with van der Waals surface area (Å²) in [6.07, 6.45) is -3.20. The number of amides is 2. The number of nitrogens with zero attached hydrogens (tertiary/aromatic N) is 1. The number of hydrogen-bond acceptors (Lipinski definition) is 3. The molecule has 0 bridgehead atoms. The van der Waals surface area contributed by atoms with Gasteiger partial charge in [0, 0.05) is 19.3 Å². The molecule has 0 saturated carbocycles. The lowest BCUT2D eigenvalue weighted by molar-refractivity contribution is -0.184. The number of anilines is 1. The average Bonchev–Trinajstić information content (AvgIpc) is 3.00. The number of carbonyl (C=O) groups is 2. The Morgan fingerprint density at radius 1 is 1.38 bits per heavy atom. The van der Waals surface area contributed by atoms with Crippen molar-refractivity contribution in [1.29, 1.82) is 0 Å². The van der Waals surface area contributed by atoms with Gasteiger partial charge in [0.05, 0.1) is 6.04 Å². The monoisotopic (exact) mass is 365 g/mol. The zero-order valence-electron chi connectivity index (χ0n) is 13.0. The average molecular weight is 366 g/mol. The molecule has 134 valence electrons. The number of carbonyl (C=O) groups excluding carboxylic acids is 2. The molecule has 24 heavy (non-hydrogen) atoms. The van der Waals surface area contributed by atoms with Crippen molar-refractivity contribution in [2.45, 2.75) is 31.6 Å². The van der Waals surface area contributed by atoms with Crippen molar-refractivity contribution < 1.29 is 22.8 Å². The number of alkyl halides is 3. The van der Waals surface area contributed by atoms with E-state index in [1.54, 1.807) is 24.3 Å². The molecule has 1 aliphatic rings. The Bertz CT molecular complexity index is 590. The molecule has 1 unspecified atom stereocenters. The highest BCUT2D eigenvalue weighted by Crippen LogP contribution is 2.20. The Morgan fingerprint density at radius 3 is 2.67 bits per heavy atom. The zero-order chi connectivity index (χ0) is 17.0. The van der Waals surface area contributed by atoms with E-state index in [1.165, 1.54) is 0 Å². The van der Waals surface area contributed by atoms with Crippen LogP contribution in [0.2, 0.25) is 0 Å². The predicted molar refractivity (Wildman–Crippen MR) is 85.9 cm³/mol. The molecule has 1 saturated heterocycles. The normalized spacial score (nSPS) is 17.1. The molecule has 0 spiro atoms. The summed E-state index contributed by atoms with van der Waals surface area (Å²) in [4.78, 5) is 23.7. The van der Waals surface area contributed by atoms with E-state index in [2.05, 4.69) is 10.6 Å². The maximum atomic E-state index is 12.4. The van der Waals surface area contributed by atoms with Crippen LogP contribution in [0.15, 0.2) is 24.3 Å². The van der Waals surface area contributed by atoms with E-state index in [-0.39, 0.29) is 30.9 Å². The van der Waals surface area contributed by atoms with Gasteiger partial charge in [-0.05, 0) is 37.1 Å². The molecular formula is C15H19ClF3N3O2. The van der Waals surface area contributed by atoms with Crippen LogP contribution in [0.3, 0.4) is 0 Å². The standard InChI is InChI=1S/C15H18F3N3O2.ClH/c1-21(14(23)15(16,17)18)9-10-4-2-5-11(8-10)20-13(22)12-6-3-7-19-12;/h2,4-5,8,12,19H,3,6-7,9H2,1H3,(H,20,22);1H. The van der Waals surface area contributed by atoms with Gasteiger partial charge in [0.2, 0.25) is 5.91 Å². The minimum absolute atomic E-state index is 0. The van der Waals surface area contributed by atoms with Crippen molar-refractivity contribution in [3.63, 3.8) is 0 Å². The van der Waals surface area contributed by atoms with Crippen molar-refractivity contribution in [1.82, 2.24) is 10.2 Å². The molecule has 1 heterocycles. The van der Waals surface area contributed by atoms with Gasteiger partial charge in [-0.1, -0.05) is 12.1 Å². The summed E-state index contributed by atoms with van der Waals surface area (Å²) in [6.45, 7) is 0.603. The van der Waals surface area contributed by atoms with E-state index in [0.717, 1.165) is 26.4 Å². The van der Waals surface area contributed by atoms with Crippen LogP contribution in [0, 0.1) is 0 Å². The second-order valence-electron chi connectivity index (χ2n) is 5.50. The van der Waals surface area contributed by atoms with Crippen LogP contribution in [0.25, 0.3) is 0 Å². The number of hydrogen-bond donors (Lipinski definition) is 2. The molecule has 1 fully saturated rings. The molecule has 0 aliphatic carbocycles. The first-order chi connectivity index (χ1) is 10.8. The summed E-state index contributed by atoms with van der Waals surface area (Å²) in [5, 5.41) is 5.79. The second-order valence-corrected chi connectivity index (χ2v) is 5.50. The molecule has 0 radical (unpaired) electrons. The molecule has 2 rings (SSSR count). The van der Waals surface area contributed by atoms with Crippen molar-refractivity contribution in [2.75, 3.05) is 18.9 Å². The minimum atomic E-state index is -4.89. The van der Waals surface area contributed by atoms with Crippen molar-refractivity contribution >= 4 is 29.9 Å². The fourth-order valence-corrected chi connectivity index (χ4v) is 2.45. The fraction of sp³-hybridized carbons (Fsp3) is 0.467. The van der Waals surface area contributed by atoms with Gasteiger partial charge in [-0.15, -0.1) is 12.4 Å². The molecule has 9 heteroatoms. The third-order valence-corrected chi connectivity index (χ3v) is 3.58. The summed E-state index contributed by atoms with van der Waals surface area (Å²) < 4.78 is 37.1. The fourth-order valence-electron chi connectivity index (χ4n) is 2.45. The van der Waals surface area contributed by atoms with E-state index in [0.29, 0.717) is 16.2 Å². The number of benzene rings is 1. The van der Waals surface area contributed by atoms with E-state index >= 15 is 0 Å². The van der Waals surface area contributed by atoms with Crippen LogP contribution in [0.4, 0.5) is 18.9 Å². The van der Waals surface area contributed by atoms with Gasteiger partial charge >= 0.3 is 12.1 Å². The Labute approximate surface area is 144 Å². The van der Waals surface area contributed by atoms with Crippen LogP contribution in [0.1, 0.15) is 18.4 Å². The smallest absolute Gasteiger partial charge is 0.334 e. The molecule has 0 aromatic heterocycles. The highest BCUT2D eigenvalue weighted by atomic mass is 35.5. The number of nitrogens with one attached hydrogen (secondary N) is 2. The lowest BCUT2D eigenvalue weighted by atomic mass is 10.1. The minimum Gasteiger partial charge on any atom is -0.334 e. The van der Waals surface area contributed by atoms with E-state index < -0.39 is 12.1 Å². The predicted octanol–water partition coefficient (Wildman–Crippen LogP) is 2.32. The Kier molecular flexibility index (Phi) is 7.04. The van der Waals surface area contributed by atoms with E-state index in [1.807, 2.05) is 0 Å². The van der Waals surface area contributed by atoms with Crippen LogP contribution >= 0.6 is 12.4 Å². The highest BCUT2D eigenvalue weighted by molar-refractivity contribution is 5.95. The third-order valence-electron chi connectivity index (χ3n) is 3.58. The summed E-state index contributed by atoms with van der Waals surface area (Å²) in [5.74, 6) is -2.07. The van der Waals surface area contributed by atoms with Gasteiger partial charge in [0.1, 0.15) is 0 Å². The van der Waals surface area contributed by atoms with Crippen molar-refractivity contribution in [3.8, 4) is 0 Å². The Morgan fingerprint density at radius 2 is 2.08 bits per heavy atom. The molecule has 1 aromatic rings. The first-order valence-corrected chi connectivity index (χ1v) is 7.23. The Balaban J connectivity index is 0.00000288. The van der Waals surface area contributed by atoms with E-state index in [9.17, 15) is 22.8 Å². The van der Waals surface area contributed by atoms with E-state index in [4.69, 9.17) is 0 Å². The molecule has 1 atom stereocenters. The van der Waals surface area contributed by atoms with Crippen LogP contribution in [0.5, 0.6) is 0 Å². The number of rotatable bonds is 4. The van der Waals surface area contributed by atoms with Crippen LogP contribution < -0.4 is 10.6 Å². The highest BCUT2D eigenvalue weighted by Gasteiger charge is 2.41. The zero-order valence-corrected chi connectivity index (χ0v) is 13.8. The van der Waals surface area contributed by atoms with Gasteiger partial charge in [0.25, 0.3) is 0 Å². The quantitative estimate of drug-likeness (QED) is 0.860. The van der Waals surface area contributed by atoms with Crippen molar-refractivity contribution in [2.24, 2.45) is 0 Å². The summed E-state index contributed by atoms with van der Waals surface area (Å²) in [5.41, 5.74) is 0.997. The van der Waals surface area contributed by atoms with Gasteiger partial charge in [-0.2, -0.15) is 13.2 Å². The van der Waals surface area contributed by atoms with Crippen LogP contribution in [-0.2, 0) is 16.1 Å². The number of halogens is 4. The van der Waals surface area contributed by atoms with Crippen molar-refractivity contribution in [3.05, 3.63) is 29.8 Å². The van der Waals surface area contributed by atoms with Gasteiger partial charge < -0.3 is 15.5 Å².